The van der Waals surface area contributed by atoms with Gasteiger partial charge in [0.1, 0.15) is 17.7 Å². The third-order valence-corrected chi connectivity index (χ3v) is 13.8. The van der Waals surface area contributed by atoms with Crippen molar-refractivity contribution in [3.63, 3.8) is 0 Å². The molecule has 52 heavy (non-hydrogen) atoms. The molecule has 1 fully saturated rings. The number of ether oxygens (including phenoxy) is 3. The Balaban J connectivity index is 3.34. The van der Waals surface area contributed by atoms with Gasteiger partial charge < -0.3 is 34.5 Å². The van der Waals surface area contributed by atoms with Gasteiger partial charge in [-0.2, -0.15) is 0 Å². The Bertz CT molecular complexity index is 1180. The maximum absolute atomic E-state index is 13.9. The van der Waals surface area contributed by atoms with Crippen LogP contribution in [0.4, 0.5) is 4.79 Å². The average Bonchev–Trinajstić information content (AvgIpc) is 3.49. The van der Waals surface area contributed by atoms with Crippen molar-refractivity contribution in [1.29, 1.82) is 0 Å². The van der Waals surface area contributed by atoms with Crippen LogP contribution < -0.4 is 10.6 Å². The maximum Gasteiger partial charge on any atom is 0.407 e. The molecular weight excluding hydrogens is 683 g/mol. The molecule has 1 saturated heterocycles. The van der Waals surface area contributed by atoms with E-state index in [1.54, 1.807) is 34.6 Å². The van der Waals surface area contributed by atoms with E-state index in [9.17, 15) is 28.8 Å². The fraction of sp³-hybridized carbons (Fsp3) is 0.872. The van der Waals surface area contributed by atoms with Crippen molar-refractivity contribution in [2.24, 2.45) is 23.7 Å². The highest BCUT2D eigenvalue weighted by molar-refractivity contribution is 6.72. The molecule has 0 aromatic heterocycles. The highest BCUT2D eigenvalue weighted by atomic mass is 28.4. The van der Waals surface area contributed by atoms with Gasteiger partial charge in [-0.3, -0.25) is 14.4 Å². The predicted octanol–water partition coefficient (Wildman–Crippen LogP) is 6.73. The summed E-state index contributed by atoms with van der Waals surface area (Å²) in [6, 6.07) is -2.10. The van der Waals surface area contributed by atoms with E-state index >= 15 is 0 Å². The van der Waals surface area contributed by atoms with Gasteiger partial charge in [0, 0.05) is 12.6 Å². The molecule has 6 atom stereocenters. The molecule has 0 aromatic rings. The molecule has 13 heteroatoms. The van der Waals surface area contributed by atoms with Crippen LogP contribution in [0.2, 0.25) is 18.1 Å². The summed E-state index contributed by atoms with van der Waals surface area (Å²) < 4.78 is 17.0. The quantitative estimate of drug-likeness (QED) is 0.0530. The van der Waals surface area contributed by atoms with Gasteiger partial charge in [0.15, 0.2) is 14.4 Å². The highest BCUT2D eigenvalue weighted by Crippen LogP contribution is 2.44. The molecule has 0 aromatic carbocycles. The van der Waals surface area contributed by atoms with Crippen LogP contribution in [-0.4, -0.2) is 90.8 Å². The molecule has 1 aliphatic rings. The summed E-state index contributed by atoms with van der Waals surface area (Å²) in [5.41, 5.74) is -0.724. The first kappa shape index (κ1) is 47.3. The molecule has 3 amide bonds. The lowest BCUT2D eigenvalue weighted by molar-refractivity contribution is -0.161. The Labute approximate surface area is 315 Å². The minimum absolute atomic E-state index is 0.0464. The van der Waals surface area contributed by atoms with Crippen LogP contribution in [0, 0.1) is 23.7 Å². The number of hydrogen-bond acceptors (Lipinski definition) is 9. The van der Waals surface area contributed by atoms with Crippen molar-refractivity contribution in [2.75, 3.05) is 13.2 Å². The molecular formula is C39H73N3O9Si. The molecule has 1 rings (SSSR count). The summed E-state index contributed by atoms with van der Waals surface area (Å²) in [6.45, 7) is 27.2. The van der Waals surface area contributed by atoms with Gasteiger partial charge in [-0.15, -0.1) is 0 Å². The minimum Gasteiger partial charge on any atom is -0.464 e. The lowest BCUT2D eigenvalue weighted by Gasteiger charge is -2.41. The van der Waals surface area contributed by atoms with Crippen LogP contribution in [0.1, 0.15) is 134 Å². The Morgan fingerprint density at radius 2 is 1.58 bits per heavy atom. The van der Waals surface area contributed by atoms with Gasteiger partial charge in [-0.25, -0.2) is 9.59 Å². The van der Waals surface area contributed by atoms with Crippen molar-refractivity contribution in [3.05, 3.63) is 0 Å². The smallest absolute Gasteiger partial charge is 0.407 e. The van der Waals surface area contributed by atoms with E-state index in [1.165, 1.54) is 4.90 Å². The van der Waals surface area contributed by atoms with Gasteiger partial charge in [0.25, 0.3) is 5.91 Å². The van der Waals surface area contributed by atoms with Crippen molar-refractivity contribution >= 4 is 38.2 Å². The van der Waals surface area contributed by atoms with E-state index in [2.05, 4.69) is 10.6 Å². The van der Waals surface area contributed by atoms with Crippen molar-refractivity contribution in [2.45, 2.75) is 182 Å². The first-order chi connectivity index (χ1) is 23.8. The fourth-order valence-corrected chi connectivity index (χ4v) is 7.15. The van der Waals surface area contributed by atoms with Crippen molar-refractivity contribution in [3.8, 4) is 0 Å². The Morgan fingerprint density at radius 1 is 0.962 bits per heavy atom. The molecule has 1 heterocycles. The normalized spacial score (nSPS) is 18.3. The molecule has 3 N–H and O–H groups in total. The number of hydrogen-bond donors (Lipinski definition) is 3. The molecule has 0 spiro atoms. The summed E-state index contributed by atoms with van der Waals surface area (Å²) in [5.74, 6) is -2.85. The fourth-order valence-electron chi connectivity index (χ4n) is 6.39. The molecule has 0 unspecified atom stereocenters. The number of alkyl carbamates (subject to hydrolysis) is 1. The van der Waals surface area contributed by atoms with E-state index in [1.807, 2.05) is 61.6 Å². The first-order valence-electron chi connectivity index (χ1n) is 19.5. The summed E-state index contributed by atoms with van der Waals surface area (Å²) in [5, 5.41) is 5.36. The Morgan fingerprint density at radius 3 is 2.08 bits per heavy atom. The zero-order chi connectivity index (χ0) is 40.2. The molecule has 0 bridgehead atoms. The van der Waals surface area contributed by atoms with E-state index in [0.717, 1.165) is 12.8 Å². The lowest BCUT2D eigenvalue weighted by Crippen LogP contribution is -2.55. The van der Waals surface area contributed by atoms with Crippen LogP contribution in [0.3, 0.4) is 0 Å². The number of carbonyl (C=O) groups excluding carboxylic acids is 5. The summed E-state index contributed by atoms with van der Waals surface area (Å²) in [4.78, 5) is 80.3. The minimum atomic E-state index is -2.74. The molecule has 302 valence electrons. The van der Waals surface area contributed by atoms with Crippen molar-refractivity contribution in [1.82, 2.24) is 15.5 Å². The largest absolute Gasteiger partial charge is 0.464 e. The van der Waals surface area contributed by atoms with E-state index < -0.39 is 79.0 Å². The number of unbranched alkanes of at least 4 members (excludes halogenated alkanes) is 1. The second-order valence-electron chi connectivity index (χ2n) is 17.7. The summed E-state index contributed by atoms with van der Waals surface area (Å²) in [7, 11) is -2.74. The van der Waals surface area contributed by atoms with Crippen LogP contribution in [-0.2, 0) is 33.4 Å². The number of nitrogens with zero attached hydrogens (tertiary/aromatic N) is 1. The second kappa shape index (κ2) is 20.7. The van der Waals surface area contributed by atoms with E-state index in [0.29, 0.717) is 45.3 Å². The third kappa shape index (κ3) is 15.4. The monoisotopic (exact) mass is 756 g/mol. The van der Waals surface area contributed by atoms with E-state index in [-0.39, 0.29) is 24.2 Å². The molecule has 0 radical (unpaired) electrons. The average molecular weight is 756 g/mol. The number of rotatable bonds is 20. The Hall–Kier alpha value is -2.67. The summed E-state index contributed by atoms with van der Waals surface area (Å²) >= 11 is 0. The van der Waals surface area contributed by atoms with Gasteiger partial charge in [0.2, 0.25) is 5.91 Å². The number of esters is 2. The topological polar surface area (TPSA) is 161 Å². The Kier molecular flexibility index (Phi) is 18.8. The standard InChI is InChI=1S/C39H73N3O9Si/c1-15-17-21-49-36(46)30-19-18-20-42(30)35(45)29(22-25(3)4)40-34(44)33(26(5)6)50-31(43)23-28(24-39(11,12)52(13,14)48)32(27(7)16-2)41-37(47)51-38(8,9)10/h25-30,32-33,48H,15-24H2,1-14H3,(H,40,44)(H,41,47)/t27-,28+,29-,30-,32+,33-/m0/s1. The van der Waals surface area contributed by atoms with Crippen LogP contribution in [0.25, 0.3) is 0 Å². The highest BCUT2D eigenvalue weighted by Gasteiger charge is 2.44. The van der Waals surface area contributed by atoms with E-state index in [4.69, 9.17) is 14.2 Å². The van der Waals surface area contributed by atoms with Crippen LogP contribution in [0.15, 0.2) is 0 Å². The first-order valence-corrected chi connectivity index (χ1v) is 22.5. The van der Waals surface area contributed by atoms with Gasteiger partial charge >= 0.3 is 18.0 Å². The maximum atomic E-state index is 13.9. The second-order valence-corrected chi connectivity index (χ2v) is 22.2. The van der Waals surface area contributed by atoms with Crippen LogP contribution >= 0.6 is 0 Å². The molecule has 0 saturated carbocycles. The number of amides is 3. The predicted molar refractivity (Wildman–Crippen MR) is 206 cm³/mol. The van der Waals surface area contributed by atoms with Gasteiger partial charge in [-0.05, 0) is 94.7 Å². The molecule has 12 nitrogen and oxygen atoms in total. The van der Waals surface area contributed by atoms with Gasteiger partial charge in [-0.1, -0.05) is 75.2 Å². The van der Waals surface area contributed by atoms with Crippen molar-refractivity contribution < 1.29 is 43.0 Å². The zero-order valence-electron chi connectivity index (χ0n) is 34.9. The summed E-state index contributed by atoms with van der Waals surface area (Å²) in [6.07, 6.45) is 2.35. The SMILES string of the molecule is CCCCOC(=O)[C@@H]1CCCN1C(=O)[C@H](CC(C)C)NC(=O)[C@@H](OC(=O)C[C@H](CC(C)(C)[Si](C)(C)O)[C@H](NC(=O)OC(C)(C)C)[C@@H](C)CC)C(C)C. The number of likely N-dealkylation sites (tertiary alicyclic amines) is 1. The van der Waals surface area contributed by atoms with Crippen LogP contribution in [0.5, 0.6) is 0 Å². The zero-order valence-corrected chi connectivity index (χ0v) is 35.9. The molecule has 1 aliphatic heterocycles. The lowest BCUT2D eigenvalue weighted by atomic mass is 9.80. The number of carbonyl (C=O) groups is 5. The number of nitrogens with one attached hydrogen (secondary N) is 2. The van der Waals surface area contributed by atoms with Gasteiger partial charge in [0.05, 0.1) is 13.0 Å². The third-order valence-electron chi connectivity index (χ3n) is 10.3. The molecule has 0 aliphatic carbocycles.